The number of benzene rings is 1. The first-order valence-electron chi connectivity index (χ1n) is 11.5. The van der Waals surface area contributed by atoms with Gasteiger partial charge in [0.05, 0.1) is 40.3 Å². The maximum atomic E-state index is 13.9. The number of alkyl halides is 6. The number of aromatic nitrogens is 3. The lowest BCUT2D eigenvalue weighted by molar-refractivity contribution is -0.142. The minimum Gasteiger partial charge on any atom is -0.404 e. The minimum absolute atomic E-state index is 0.196. The zero-order valence-corrected chi connectivity index (χ0v) is 24.6. The Morgan fingerprint density at radius 2 is 1.77 bits per heavy atom. The van der Waals surface area contributed by atoms with E-state index in [1.54, 1.807) is 0 Å². The van der Waals surface area contributed by atoms with Gasteiger partial charge < -0.3 is 9.84 Å². The van der Waals surface area contributed by atoms with E-state index < -0.39 is 74.0 Å². The highest BCUT2D eigenvalue weighted by molar-refractivity contribution is 7.91. The van der Waals surface area contributed by atoms with Crippen molar-refractivity contribution in [2.45, 2.75) is 35.9 Å². The van der Waals surface area contributed by atoms with Crippen LogP contribution in [0.4, 0.5) is 36.8 Å². The summed E-state index contributed by atoms with van der Waals surface area (Å²) in [6.07, 6.45) is -10.4. The van der Waals surface area contributed by atoms with Crippen molar-refractivity contribution >= 4 is 62.0 Å². The molecule has 0 saturated carbocycles. The van der Waals surface area contributed by atoms with E-state index in [4.69, 9.17) is 27.9 Å². The average molecular weight is 692 g/mol. The number of aliphatic hydroxyl groups is 1. The zero-order chi connectivity index (χ0) is 32.1. The molecule has 0 spiro atoms. The van der Waals surface area contributed by atoms with Crippen LogP contribution in [-0.2, 0) is 22.4 Å². The fourth-order valence-corrected chi connectivity index (χ4v) is 6.84. The van der Waals surface area contributed by atoms with Crippen LogP contribution in [0, 0.1) is 0 Å². The summed E-state index contributed by atoms with van der Waals surface area (Å²) < 4.78 is 113. The average Bonchev–Trinajstić information content (AvgIpc) is 3.45. The van der Waals surface area contributed by atoms with Gasteiger partial charge in [-0.2, -0.15) is 31.4 Å². The number of amides is 1. The highest BCUT2D eigenvalue weighted by Crippen LogP contribution is 2.39. The number of anilines is 1. The molecule has 1 aromatic carbocycles. The predicted molar refractivity (Wildman–Crippen MR) is 144 cm³/mol. The summed E-state index contributed by atoms with van der Waals surface area (Å²) in [7, 11) is -4.18. The maximum Gasteiger partial charge on any atom is 0.433 e. The van der Waals surface area contributed by atoms with Gasteiger partial charge in [0.1, 0.15) is 8.55 Å². The van der Waals surface area contributed by atoms with Gasteiger partial charge in [0.15, 0.2) is 17.1 Å². The van der Waals surface area contributed by atoms with Gasteiger partial charge in [-0.1, -0.05) is 29.3 Å². The van der Waals surface area contributed by atoms with Crippen molar-refractivity contribution in [1.82, 2.24) is 19.3 Å². The lowest BCUT2D eigenvalue weighted by atomic mass is 10.1. The van der Waals surface area contributed by atoms with Gasteiger partial charge >= 0.3 is 18.4 Å². The Morgan fingerprint density at radius 1 is 1.09 bits per heavy atom. The van der Waals surface area contributed by atoms with E-state index in [2.05, 4.69) is 20.1 Å². The quantitative estimate of drug-likeness (QED) is 0.189. The van der Waals surface area contributed by atoms with Gasteiger partial charge in [0, 0.05) is 5.56 Å². The molecule has 0 aliphatic carbocycles. The second-order valence-corrected chi connectivity index (χ2v) is 13.3. The molecule has 3 aromatic heterocycles. The second kappa shape index (κ2) is 11.4. The van der Waals surface area contributed by atoms with Crippen LogP contribution in [0.15, 0.2) is 40.7 Å². The summed E-state index contributed by atoms with van der Waals surface area (Å²) in [5, 5.41) is 14.3. The lowest BCUT2D eigenvalue weighted by Crippen LogP contribution is -2.45. The number of aliphatic hydroxyl groups excluding tert-OH is 1. The molecule has 0 aliphatic heterocycles. The minimum atomic E-state index is -5.03. The molecule has 0 fully saturated rings. The molecule has 10 nitrogen and oxygen atoms in total. The van der Waals surface area contributed by atoms with Gasteiger partial charge in [0.25, 0.3) is 10.0 Å². The number of ether oxygens (including phenoxy) is 1. The number of fused-ring (bicyclic) bond motifs is 1. The largest absolute Gasteiger partial charge is 0.433 e. The van der Waals surface area contributed by atoms with Crippen molar-refractivity contribution in [3.8, 4) is 17.0 Å². The molecule has 0 unspecified atom stereocenters. The van der Waals surface area contributed by atoms with E-state index >= 15 is 0 Å². The molecule has 3 heterocycles. The zero-order valence-electron chi connectivity index (χ0n) is 21.4. The van der Waals surface area contributed by atoms with Gasteiger partial charge in [-0.3, -0.25) is 5.32 Å². The number of hydrogen-bond acceptors (Lipinski definition) is 8. The van der Waals surface area contributed by atoms with E-state index in [0.717, 1.165) is 24.4 Å². The van der Waals surface area contributed by atoms with Gasteiger partial charge in [-0.05, 0) is 38.1 Å². The van der Waals surface area contributed by atoms with Crippen LogP contribution in [0.2, 0.25) is 9.36 Å². The fraction of sp³-hybridized carbons (Fsp3) is 0.261. The first kappa shape index (κ1) is 32.7. The number of carbonyl (C=O) groups is 1. The molecule has 232 valence electrons. The third-order valence-corrected chi connectivity index (χ3v) is 9.32. The Hall–Kier alpha value is -3.16. The van der Waals surface area contributed by atoms with Crippen LogP contribution in [0.25, 0.3) is 16.9 Å². The molecule has 0 aliphatic rings. The monoisotopic (exact) mass is 691 g/mol. The Balaban J connectivity index is 1.67. The predicted octanol–water partition coefficient (Wildman–Crippen LogP) is 6.46. The summed E-state index contributed by atoms with van der Waals surface area (Å²) in [4.78, 5) is 16.6. The molecular formula is C23H17Cl2F6N5O5S2. The number of sulfonamides is 1. The summed E-state index contributed by atoms with van der Waals surface area (Å²) in [5.41, 5.74) is -5.36. The Morgan fingerprint density at radius 3 is 2.35 bits per heavy atom. The molecule has 0 radical (unpaired) electrons. The lowest BCUT2D eigenvalue weighted by Gasteiger charge is -2.22. The number of nitrogens with one attached hydrogen (secondary N) is 2. The van der Waals surface area contributed by atoms with Crippen LogP contribution in [0.5, 0.6) is 5.75 Å². The van der Waals surface area contributed by atoms with E-state index in [-0.39, 0.29) is 19.8 Å². The van der Waals surface area contributed by atoms with E-state index in [1.807, 2.05) is 0 Å². The van der Waals surface area contributed by atoms with E-state index in [1.165, 1.54) is 13.8 Å². The second-order valence-electron chi connectivity index (χ2n) is 9.38. The molecular weight excluding hydrogens is 675 g/mol. The molecule has 4 rings (SSSR count). The molecule has 0 saturated heterocycles. The number of rotatable bonds is 7. The van der Waals surface area contributed by atoms with Crippen LogP contribution < -0.4 is 14.8 Å². The topological polar surface area (TPSA) is 135 Å². The fourth-order valence-electron chi connectivity index (χ4n) is 3.52. The van der Waals surface area contributed by atoms with E-state index in [9.17, 15) is 44.7 Å². The summed E-state index contributed by atoms with van der Waals surface area (Å²) >= 11 is 12.3. The molecule has 1 amide bonds. The van der Waals surface area contributed by atoms with Crippen LogP contribution in [0.1, 0.15) is 25.1 Å². The standard InChI is InChI=1S/C23H17Cl2F6N5O5S2/c1-21(2,9-37)35-43(39,40)17-7-14(18(25)42-17)34-20(38)41-15-8-32-36-16(23(29,30)31)6-13(33-19(15)36)10-3-4-11(12(24)5-10)22(26,27)28/h3-8,35,37H,9H2,1-2H3,(H,34,38). The molecule has 0 atom stereocenters. The van der Waals surface area contributed by atoms with Crippen molar-refractivity contribution < 1.29 is 49.4 Å². The summed E-state index contributed by atoms with van der Waals surface area (Å²) in [6, 6.07) is 3.76. The van der Waals surface area contributed by atoms with Crippen molar-refractivity contribution in [1.29, 1.82) is 0 Å². The smallest absolute Gasteiger partial charge is 0.404 e. The number of thiophene rings is 1. The third-order valence-electron chi connectivity index (χ3n) is 5.47. The molecule has 4 aromatic rings. The van der Waals surface area contributed by atoms with Gasteiger partial charge in [-0.25, -0.2) is 27.4 Å². The van der Waals surface area contributed by atoms with Crippen molar-refractivity contribution in [2.75, 3.05) is 11.9 Å². The first-order valence-corrected chi connectivity index (χ1v) is 14.5. The molecule has 20 heteroatoms. The Bertz CT molecular complexity index is 1820. The first-order chi connectivity index (χ1) is 19.7. The third kappa shape index (κ3) is 7.15. The van der Waals surface area contributed by atoms with Crippen LogP contribution in [-0.4, -0.2) is 46.4 Å². The maximum absolute atomic E-state index is 13.9. The number of nitrogens with zero attached hydrogens (tertiary/aromatic N) is 3. The normalized spacial score (nSPS) is 13.0. The molecule has 0 bridgehead atoms. The van der Waals surface area contributed by atoms with Gasteiger partial charge in [0.2, 0.25) is 0 Å². The Labute approximate surface area is 252 Å². The number of carbonyl (C=O) groups excluding carboxylic acids is 1. The highest BCUT2D eigenvalue weighted by atomic mass is 35.5. The number of hydrogen-bond donors (Lipinski definition) is 3. The van der Waals surface area contributed by atoms with Gasteiger partial charge in [-0.15, -0.1) is 11.3 Å². The SMILES string of the molecule is CC(C)(CO)NS(=O)(=O)c1cc(NC(=O)Oc2cnn3c(C(F)(F)F)cc(-c4ccc(C(F)(F)F)c(Cl)c4)nc23)c(Cl)s1. The number of halogens is 8. The van der Waals surface area contributed by atoms with Crippen molar-refractivity contribution in [2.24, 2.45) is 0 Å². The van der Waals surface area contributed by atoms with Crippen LogP contribution in [0.3, 0.4) is 0 Å². The summed E-state index contributed by atoms with van der Waals surface area (Å²) in [6.45, 7) is 2.31. The Kier molecular flexibility index (Phi) is 8.68. The molecule has 3 N–H and O–H groups in total. The highest BCUT2D eigenvalue weighted by Gasteiger charge is 2.37. The molecule has 43 heavy (non-hydrogen) atoms. The van der Waals surface area contributed by atoms with Crippen LogP contribution >= 0.6 is 34.5 Å². The summed E-state index contributed by atoms with van der Waals surface area (Å²) in [5.74, 6) is -0.589. The van der Waals surface area contributed by atoms with Crippen molar-refractivity contribution in [3.05, 3.63) is 57.1 Å². The van der Waals surface area contributed by atoms with Crippen molar-refractivity contribution in [3.63, 3.8) is 0 Å². The van der Waals surface area contributed by atoms with E-state index in [0.29, 0.717) is 28.0 Å².